The van der Waals surface area contributed by atoms with Crippen LogP contribution in [0.25, 0.3) is 5.57 Å². The van der Waals surface area contributed by atoms with Gasteiger partial charge in [0.2, 0.25) is 0 Å². The summed E-state index contributed by atoms with van der Waals surface area (Å²) in [5.41, 5.74) is 6.39. The van der Waals surface area contributed by atoms with Crippen molar-refractivity contribution in [2.24, 2.45) is 5.41 Å². The highest BCUT2D eigenvalue weighted by atomic mass is 16.1. The highest BCUT2D eigenvalue weighted by Gasteiger charge is 2.26. The van der Waals surface area contributed by atoms with Crippen molar-refractivity contribution in [1.29, 1.82) is 0 Å². The SMILES string of the molecule is CC1=C(/C=C/C(=C\C=O)c2ccc(C)cc2)C(C)(C)CCC1. The van der Waals surface area contributed by atoms with Crippen molar-refractivity contribution in [3.63, 3.8) is 0 Å². The average molecular weight is 294 g/mol. The molecule has 0 atom stereocenters. The number of allylic oxidation sites excluding steroid dienone is 6. The number of carbonyl (C=O) groups excluding carboxylic acids is 1. The highest BCUT2D eigenvalue weighted by molar-refractivity contribution is 5.86. The summed E-state index contributed by atoms with van der Waals surface area (Å²) in [7, 11) is 0. The summed E-state index contributed by atoms with van der Waals surface area (Å²) in [6, 6.07) is 8.30. The van der Waals surface area contributed by atoms with Crippen LogP contribution in [0.1, 0.15) is 51.2 Å². The molecule has 22 heavy (non-hydrogen) atoms. The van der Waals surface area contributed by atoms with E-state index in [0.29, 0.717) is 0 Å². The molecule has 1 heteroatoms. The first-order valence-electron chi connectivity index (χ1n) is 8.05. The summed E-state index contributed by atoms with van der Waals surface area (Å²) in [6.45, 7) is 8.92. The average Bonchev–Trinajstić information content (AvgIpc) is 2.46. The number of rotatable bonds is 4. The van der Waals surface area contributed by atoms with Crippen LogP contribution in [0.4, 0.5) is 0 Å². The molecule has 0 N–H and O–H groups in total. The van der Waals surface area contributed by atoms with Gasteiger partial charge < -0.3 is 0 Å². The van der Waals surface area contributed by atoms with Crippen LogP contribution in [0, 0.1) is 12.3 Å². The number of aryl methyl sites for hydroxylation is 1. The smallest absolute Gasteiger partial charge is 0.143 e. The van der Waals surface area contributed by atoms with Gasteiger partial charge in [0.15, 0.2) is 0 Å². The Morgan fingerprint density at radius 2 is 1.82 bits per heavy atom. The molecule has 0 spiro atoms. The van der Waals surface area contributed by atoms with E-state index in [1.165, 1.54) is 36.0 Å². The molecule has 0 bridgehead atoms. The standard InChI is InChI=1S/C21H26O/c1-16-7-9-18(10-8-16)19(13-15-22)11-12-20-17(2)6-5-14-21(20,3)4/h7-13,15H,5-6,14H2,1-4H3/b12-11+,19-13+. The van der Waals surface area contributed by atoms with E-state index in [1.807, 2.05) is 0 Å². The number of benzene rings is 1. The highest BCUT2D eigenvalue weighted by Crippen LogP contribution is 2.41. The summed E-state index contributed by atoms with van der Waals surface area (Å²) in [4.78, 5) is 11.0. The van der Waals surface area contributed by atoms with Crippen LogP contribution in [-0.2, 0) is 4.79 Å². The van der Waals surface area contributed by atoms with E-state index < -0.39 is 0 Å². The molecule has 0 fully saturated rings. The van der Waals surface area contributed by atoms with Gasteiger partial charge in [-0.05, 0) is 61.3 Å². The second kappa shape index (κ2) is 6.91. The molecule has 1 aromatic carbocycles. The van der Waals surface area contributed by atoms with Crippen LogP contribution < -0.4 is 0 Å². The maximum absolute atomic E-state index is 11.0. The maximum Gasteiger partial charge on any atom is 0.143 e. The van der Waals surface area contributed by atoms with E-state index in [9.17, 15) is 4.79 Å². The monoisotopic (exact) mass is 294 g/mol. The summed E-state index contributed by atoms with van der Waals surface area (Å²) < 4.78 is 0. The second-order valence-corrected chi connectivity index (χ2v) is 6.89. The van der Waals surface area contributed by atoms with Gasteiger partial charge >= 0.3 is 0 Å². The van der Waals surface area contributed by atoms with Crippen LogP contribution >= 0.6 is 0 Å². The first kappa shape index (κ1) is 16.5. The Bertz CT molecular complexity index is 624. The third-order valence-electron chi connectivity index (χ3n) is 4.60. The Morgan fingerprint density at radius 1 is 1.14 bits per heavy atom. The van der Waals surface area contributed by atoms with Crippen molar-refractivity contribution in [2.45, 2.75) is 47.0 Å². The van der Waals surface area contributed by atoms with Crippen molar-refractivity contribution >= 4 is 11.9 Å². The Labute approximate surface area is 134 Å². The second-order valence-electron chi connectivity index (χ2n) is 6.89. The van der Waals surface area contributed by atoms with E-state index >= 15 is 0 Å². The third-order valence-corrected chi connectivity index (χ3v) is 4.60. The quantitative estimate of drug-likeness (QED) is 0.398. The molecule has 0 aliphatic heterocycles. The molecule has 1 aliphatic rings. The lowest BCUT2D eigenvalue weighted by atomic mass is 9.72. The van der Waals surface area contributed by atoms with Gasteiger partial charge in [0.25, 0.3) is 0 Å². The molecule has 0 saturated carbocycles. The first-order valence-corrected chi connectivity index (χ1v) is 8.05. The molecule has 0 amide bonds. The van der Waals surface area contributed by atoms with Crippen molar-refractivity contribution in [1.82, 2.24) is 0 Å². The molecule has 0 unspecified atom stereocenters. The van der Waals surface area contributed by atoms with Gasteiger partial charge in [-0.1, -0.05) is 61.4 Å². The minimum Gasteiger partial charge on any atom is -0.299 e. The van der Waals surface area contributed by atoms with Crippen LogP contribution in [0.5, 0.6) is 0 Å². The number of hydrogen-bond acceptors (Lipinski definition) is 1. The van der Waals surface area contributed by atoms with E-state index in [0.717, 1.165) is 17.4 Å². The summed E-state index contributed by atoms with van der Waals surface area (Å²) in [5, 5.41) is 0. The first-order chi connectivity index (χ1) is 10.4. The number of hydrogen-bond donors (Lipinski definition) is 0. The summed E-state index contributed by atoms with van der Waals surface area (Å²) in [5.74, 6) is 0. The lowest BCUT2D eigenvalue weighted by molar-refractivity contribution is -0.104. The van der Waals surface area contributed by atoms with E-state index in [4.69, 9.17) is 0 Å². The van der Waals surface area contributed by atoms with Crippen LogP contribution in [-0.4, -0.2) is 6.29 Å². The Morgan fingerprint density at radius 3 is 2.41 bits per heavy atom. The lowest BCUT2D eigenvalue weighted by Crippen LogP contribution is -2.19. The van der Waals surface area contributed by atoms with Crippen molar-refractivity contribution in [3.8, 4) is 0 Å². The summed E-state index contributed by atoms with van der Waals surface area (Å²) in [6.07, 6.45) is 10.5. The topological polar surface area (TPSA) is 17.1 Å². The van der Waals surface area contributed by atoms with E-state index in [1.54, 1.807) is 6.08 Å². The van der Waals surface area contributed by atoms with Crippen molar-refractivity contribution in [2.75, 3.05) is 0 Å². The molecule has 116 valence electrons. The molecule has 0 saturated heterocycles. The third kappa shape index (κ3) is 3.85. The molecule has 1 aliphatic carbocycles. The van der Waals surface area contributed by atoms with E-state index in [-0.39, 0.29) is 5.41 Å². The Balaban J connectivity index is 2.34. The van der Waals surface area contributed by atoms with Crippen molar-refractivity contribution < 1.29 is 4.79 Å². The fourth-order valence-corrected chi connectivity index (χ4v) is 3.25. The Kier molecular flexibility index (Phi) is 5.18. The molecule has 1 aromatic rings. The zero-order valence-electron chi connectivity index (χ0n) is 14.1. The normalized spacial score (nSPS) is 18.8. The molecular formula is C21H26O. The molecule has 2 rings (SSSR count). The van der Waals surface area contributed by atoms with Crippen molar-refractivity contribution in [3.05, 3.63) is 64.8 Å². The predicted octanol–water partition coefficient (Wildman–Crippen LogP) is 5.66. The largest absolute Gasteiger partial charge is 0.299 e. The predicted molar refractivity (Wildman–Crippen MR) is 94.7 cm³/mol. The zero-order chi connectivity index (χ0) is 16.2. The van der Waals surface area contributed by atoms with Gasteiger partial charge in [0.05, 0.1) is 0 Å². The van der Waals surface area contributed by atoms with E-state index in [2.05, 4.69) is 64.1 Å². The van der Waals surface area contributed by atoms with Crippen LogP contribution in [0.15, 0.2) is 53.6 Å². The van der Waals surface area contributed by atoms with Crippen LogP contribution in [0.3, 0.4) is 0 Å². The fraction of sp³-hybridized carbons (Fsp3) is 0.381. The number of aldehydes is 1. The van der Waals surface area contributed by atoms with Gasteiger partial charge in [-0.2, -0.15) is 0 Å². The molecule has 0 radical (unpaired) electrons. The summed E-state index contributed by atoms with van der Waals surface area (Å²) >= 11 is 0. The minimum atomic E-state index is 0.221. The fourth-order valence-electron chi connectivity index (χ4n) is 3.25. The van der Waals surface area contributed by atoms with Gasteiger partial charge in [-0.25, -0.2) is 0 Å². The number of carbonyl (C=O) groups is 1. The van der Waals surface area contributed by atoms with Gasteiger partial charge in [0.1, 0.15) is 6.29 Å². The lowest BCUT2D eigenvalue weighted by Gasteiger charge is -2.33. The minimum absolute atomic E-state index is 0.221. The Hall–Kier alpha value is -1.89. The molecule has 0 heterocycles. The maximum atomic E-state index is 11.0. The van der Waals surface area contributed by atoms with Gasteiger partial charge in [-0.15, -0.1) is 0 Å². The van der Waals surface area contributed by atoms with Crippen LogP contribution in [0.2, 0.25) is 0 Å². The van der Waals surface area contributed by atoms with Gasteiger partial charge in [0, 0.05) is 0 Å². The molecular weight excluding hydrogens is 268 g/mol. The van der Waals surface area contributed by atoms with Gasteiger partial charge in [-0.3, -0.25) is 4.79 Å². The molecule has 1 nitrogen and oxygen atoms in total. The zero-order valence-corrected chi connectivity index (χ0v) is 14.1. The molecule has 0 aromatic heterocycles.